The molecule has 0 fully saturated rings. The molecule has 0 radical (unpaired) electrons. The molecule has 140 valence electrons. The molecule has 2 aromatic rings. The van der Waals surface area contributed by atoms with Gasteiger partial charge in [-0.15, -0.1) is 11.8 Å². The minimum atomic E-state index is -0.340. The summed E-state index contributed by atoms with van der Waals surface area (Å²) in [6.07, 6.45) is 0. The number of carbonyl (C=O) groups is 2. The zero-order chi connectivity index (χ0) is 19.7. The first-order valence-electron chi connectivity index (χ1n) is 8.53. The van der Waals surface area contributed by atoms with Crippen molar-refractivity contribution in [3.05, 3.63) is 63.5 Å². The highest BCUT2D eigenvalue weighted by atomic mass is 35.5. The molecule has 2 aromatic carbocycles. The summed E-state index contributed by atoms with van der Waals surface area (Å²) in [5, 5.41) is 0.508. The fourth-order valence-corrected chi connectivity index (χ4v) is 4.10. The highest BCUT2D eigenvalue weighted by molar-refractivity contribution is 8.04. The van der Waals surface area contributed by atoms with E-state index in [1.54, 1.807) is 18.2 Å². The van der Waals surface area contributed by atoms with Gasteiger partial charge in [-0.1, -0.05) is 55.3 Å². The smallest absolute Gasteiger partial charge is 0.272 e. The monoisotopic (exact) mass is 401 g/mol. The van der Waals surface area contributed by atoms with Gasteiger partial charge >= 0.3 is 0 Å². The largest absolute Gasteiger partial charge is 0.495 e. The van der Waals surface area contributed by atoms with Crippen LogP contribution in [-0.2, 0) is 9.59 Å². The van der Waals surface area contributed by atoms with Crippen LogP contribution in [0.25, 0.3) is 5.57 Å². The van der Waals surface area contributed by atoms with Crippen LogP contribution in [0, 0.1) is 6.92 Å². The summed E-state index contributed by atoms with van der Waals surface area (Å²) >= 11 is 7.60. The number of carbonyl (C=O) groups excluding carboxylic acids is 2. The van der Waals surface area contributed by atoms with Gasteiger partial charge in [0.25, 0.3) is 11.8 Å². The lowest BCUT2D eigenvalue weighted by Gasteiger charge is -2.16. The summed E-state index contributed by atoms with van der Waals surface area (Å²) in [6.45, 7) is 5.97. The third-order valence-corrected chi connectivity index (χ3v) is 5.51. The Balaban J connectivity index is 2.08. The third kappa shape index (κ3) is 3.75. The van der Waals surface area contributed by atoms with Gasteiger partial charge in [0.05, 0.1) is 28.3 Å². The number of aryl methyl sites for hydroxylation is 1. The molecule has 0 bridgehead atoms. The van der Waals surface area contributed by atoms with Crippen molar-refractivity contribution in [2.24, 2.45) is 0 Å². The van der Waals surface area contributed by atoms with E-state index in [0.717, 1.165) is 11.1 Å². The van der Waals surface area contributed by atoms with Gasteiger partial charge in [-0.05, 0) is 30.7 Å². The van der Waals surface area contributed by atoms with Crippen molar-refractivity contribution in [3.63, 3.8) is 0 Å². The molecule has 2 amide bonds. The van der Waals surface area contributed by atoms with Gasteiger partial charge in [0.15, 0.2) is 0 Å². The number of benzene rings is 2. The van der Waals surface area contributed by atoms with Crippen LogP contribution in [0.3, 0.4) is 0 Å². The van der Waals surface area contributed by atoms with E-state index < -0.39 is 0 Å². The van der Waals surface area contributed by atoms with E-state index >= 15 is 0 Å². The van der Waals surface area contributed by atoms with Crippen molar-refractivity contribution >= 4 is 46.4 Å². The first kappa shape index (κ1) is 19.5. The normalized spacial score (nSPS) is 14.5. The predicted molar refractivity (Wildman–Crippen MR) is 111 cm³/mol. The zero-order valence-corrected chi connectivity index (χ0v) is 17.1. The van der Waals surface area contributed by atoms with E-state index in [2.05, 4.69) is 0 Å². The van der Waals surface area contributed by atoms with Crippen molar-refractivity contribution in [3.8, 4) is 5.75 Å². The Morgan fingerprint density at radius 1 is 1.04 bits per heavy atom. The topological polar surface area (TPSA) is 46.6 Å². The average Bonchev–Trinajstić information content (AvgIpc) is 2.85. The average molecular weight is 402 g/mol. The molecular weight excluding hydrogens is 382 g/mol. The van der Waals surface area contributed by atoms with E-state index in [4.69, 9.17) is 16.3 Å². The lowest BCUT2D eigenvalue weighted by Crippen LogP contribution is -2.31. The molecule has 0 saturated heterocycles. The molecular formula is C21H20ClNO3S. The second kappa shape index (κ2) is 7.79. The van der Waals surface area contributed by atoms with E-state index in [1.165, 1.54) is 23.8 Å². The summed E-state index contributed by atoms with van der Waals surface area (Å²) in [6, 6.07) is 12.5. The van der Waals surface area contributed by atoms with Crippen LogP contribution in [0.1, 0.15) is 25.0 Å². The van der Waals surface area contributed by atoms with Crippen molar-refractivity contribution in [2.45, 2.75) is 26.0 Å². The van der Waals surface area contributed by atoms with E-state index in [-0.39, 0.29) is 17.1 Å². The summed E-state index contributed by atoms with van der Waals surface area (Å²) in [5.74, 6) is -0.174. The predicted octanol–water partition coefficient (Wildman–Crippen LogP) is 5.08. The molecule has 0 unspecified atom stereocenters. The number of hydrogen-bond donors (Lipinski definition) is 0. The van der Waals surface area contributed by atoms with E-state index in [0.29, 0.717) is 26.9 Å². The van der Waals surface area contributed by atoms with Crippen LogP contribution in [0.5, 0.6) is 5.75 Å². The second-order valence-electron chi connectivity index (χ2n) is 6.50. The van der Waals surface area contributed by atoms with Crippen LogP contribution in [-0.4, -0.2) is 24.2 Å². The minimum absolute atomic E-state index is 0.164. The number of ether oxygens (including phenoxy) is 1. The van der Waals surface area contributed by atoms with Gasteiger partial charge < -0.3 is 4.74 Å². The Bertz CT molecular complexity index is 935. The Hall–Kier alpha value is -2.24. The quantitative estimate of drug-likeness (QED) is 0.655. The van der Waals surface area contributed by atoms with Crippen molar-refractivity contribution in [1.82, 2.24) is 0 Å². The fourth-order valence-electron chi connectivity index (χ4n) is 2.86. The van der Waals surface area contributed by atoms with Crippen LogP contribution in [0.15, 0.2) is 47.4 Å². The van der Waals surface area contributed by atoms with Crippen molar-refractivity contribution in [1.29, 1.82) is 0 Å². The number of rotatable bonds is 5. The first-order chi connectivity index (χ1) is 12.8. The maximum atomic E-state index is 13.2. The number of hydrogen-bond acceptors (Lipinski definition) is 4. The van der Waals surface area contributed by atoms with Gasteiger partial charge in [0.2, 0.25) is 0 Å². The molecule has 1 heterocycles. The standard InChI is InChI=1S/C21H20ClNO3S/c1-12(2)27-19-18(14-7-5-13(3)6-8-14)20(24)23(21(19)25)15-9-10-17(26-4)16(22)11-15/h5-12H,1-4H3. The maximum absolute atomic E-state index is 13.2. The Kier molecular flexibility index (Phi) is 5.63. The van der Waals surface area contributed by atoms with Gasteiger partial charge in [0.1, 0.15) is 5.75 Å². The number of halogens is 1. The van der Waals surface area contributed by atoms with Crippen molar-refractivity contribution < 1.29 is 14.3 Å². The highest BCUT2D eigenvalue weighted by Crippen LogP contribution is 2.41. The lowest BCUT2D eigenvalue weighted by molar-refractivity contribution is -0.119. The third-order valence-electron chi connectivity index (χ3n) is 4.13. The van der Waals surface area contributed by atoms with Crippen LogP contribution >= 0.6 is 23.4 Å². The zero-order valence-electron chi connectivity index (χ0n) is 15.6. The SMILES string of the molecule is COc1ccc(N2C(=O)C(SC(C)C)=C(c3ccc(C)cc3)C2=O)cc1Cl. The molecule has 27 heavy (non-hydrogen) atoms. The molecule has 4 nitrogen and oxygen atoms in total. The number of amides is 2. The molecule has 1 aliphatic heterocycles. The molecule has 0 atom stereocenters. The molecule has 0 spiro atoms. The van der Waals surface area contributed by atoms with Gasteiger partial charge in [-0.25, -0.2) is 4.90 Å². The summed E-state index contributed by atoms with van der Waals surface area (Å²) in [7, 11) is 1.52. The molecule has 0 N–H and O–H groups in total. The second-order valence-corrected chi connectivity index (χ2v) is 8.50. The molecule has 0 saturated carbocycles. The summed E-state index contributed by atoms with van der Waals surface area (Å²) < 4.78 is 5.16. The molecule has 6 heteroatoms. The minimum Gasteiger partial charge on any atom is -0.495 e. The first-order valence-corrected chi connectivity index (χ1v) is 9.79. The molecule has 0 aromatic heterocycles. The summed E-state index contributed by atoms with van der Waals surface area (Å²) in [4.78, 5) is 28.0. The Morgan fingerprint density at radius 2 is 1.70 bits per heavy atom. The number of anilines is 1. The molecule has 1 aliphatic rings. The van der Waals surface area contributed by atoms with Crippen LogP contribution in [0.4, 0.5) is 5.69 Å². The number of thioether (sulfide) groups is 1. The molecule has 3 rings (SSSR count). The lowest BCUT2D eigenvalue weighted by atomic mass is 10.0. The number of imide groups is 1. The van der Waals surface area contributed by atoms with Gasteiger partial charge in [-0.2, -0.15) is 0 Å². The van der Waals surface area contributed by atoms with E-state index in [9.17, 15) is 9.59 Å². The Labute approximate surface area is 168 Å². The highest BCUT2D eigenvalue weighted by Gasteiger charge is 2.40. The fraction of sp³-hybridized carbons (Fsp3) is 0.238. The van der Waals surface area contributed by atoms with Crippen LogP contribution < -0.4 is 9.64 Å². The summed E-state index contributed by atoms with van der Waals surface area (Å²) in [5.41, 5.74) is 2.70. The van der Waals surface area contributed by atoms with E-state index in [1.807, 2.05) is 45.0 Å². The number of nitrogens with zero attached hydrogens (tertiary/aromatic N) is 1. The maximum Gasteiger partial charge on any atom is 0.272 e. The van der Waals surface area contributed by atoms with Gasteiger partial charge in [0, 0.05) is 5.25 Å². The number of methoxy groups -OCH3 is 1. The van der Waals surface area contributed by atoms with Crippen LogP contribution in [0.2, 0.25) is 5.02 Å². The van der Waals surface area contributed by atoms with Crippen molar-refractivity contribution in [2.75, 3.05) is 12.0 Å². The Morgan fingerprint density at radius 3 is 2.26 bits per heavy atom. The van der Waals surface area contributed by atoms with Gasteiger partial charge in [-0.3, -0.25) is 9.59 Å². The molecule has 0 aliphatic carbocycles.